The van der Waals surface area contributed by atoms with Crippen molar-refractivity contribution >= 4 is 12.0 Å². The minimum absolute atomic E-state index is 0.472. The van der Waals surface area contributed by atoms with E-state index in [4.69, 9.17) is 0 Å². The van der Waals surface area contributed by atoms with Crippen LogP contribution in [0.15, 0.2) is 29.8 Å². The lowest BCUT2D eigenvalue weighted by atomic mass is 10.2. The molecule has 0 unspecified atom stereocenters. The summed E-state index contributed by atoms with van der Waals surface area (Å²) in [5, 5.41) is 9.27. The summed E-state index contributed by atoms with van der Waals surface area (Å²) in [5.41, 5.74) is 1.94. The molecule has 0 aliphatic heterocycles. The maximum atomic E-state index is 9.27. The molecule has 0 atom stereocenters. The first-order valence-electron chi connectivity index (χ1n) is 6.30. The van der Waals surface area contributed by atoms with E-state index in [9.17, 15) is 5.26 Å². The molecule has 2 rings (SSSR count). The van der Waals surface area contributed by atoms with Crippen LogP contribution in [0.25, 0.3) is 5.82 Å². The molecule has 2 aromatic heterocycles. The van der Waals surface area contributed by atoms with Gasteiger partial charge in [0.05, 0.1) is 23.3 Å². The van der Waals surface area contributed by atoms with Crippen molar-refractivity contribution < 1.29 is 0 Å². The predicted molar refractivity (Wildman–Crippen MR) is 77.3 cm³/mol. The Balaban J connectivity index is 2.44. The van der Waals surface area contributed by atoms with Crippen LogP contribution in [0.4, 0.5) is 5.69 Å². The number of nitriles is 1. The molecule has 0 fully saturated rings. The highest BCUT2D eigenvalue weighted by Crippen LogP contribution is 2.22. The van der Waals surface area contributed by atoms with E-state index in [1.54, 1.807) is 35.7 Å². The van der Waals surface area contributed by atoms with Crippen molar-refractivity contribution in [3.05, 3.63) is 36.0 Å². The molecule has 2 heterocycles. The highest BCUT2D eigenvalue weighted by Gasteiger charge is 2.10. The van der Waals surface area contributed by atoms with Gasteiger partial charge in [-0.05, 0) is 19.9 Å². The minimum Gasteiger partial charge on any atom is -0.366 e. The Kier molecular flexibility index (Phi) is 4.11. The topological polar surface area (TPSA) is 70.1 Å². The monoisotopic (exact) mass is 268 g/mol. The lowest BCUT2D eigenvalue weighted by molar-refractivity contribution is 0.552. The van der Waals surface area contributed by atoms with Crippen LogP contribution in [0, 0.1) is 18.3 Å². The van der Waals surface area contributed by atoms with Gasteiger partial charge >= 0.3 is 0 Å². The van der Waals surface area contributed by atoms with Crippen LogP contribution in [-0.2, 0) is 0 Å². The number of rotatable bonds is 4. The Labute approximate surface area is 118 Å². The second kappa shape index (κ2) is 5.97. The molecule has 6 nitrogen and oxygen atoms in total. The molecule has 0 spiro atoms. The van der Waals surface area contributed by atoms with E-state index in [1.165, 1.54) is 0 Å². The van der Waals surface area contributed by atoms with Crippen molar-refractivity contribution in [1.82, 2.24) is 19.4 Å². The molecule has 0 saturated carbocycles. The molecule has 2 aromatic rings. The molecule has 0 radical (unpaired) electrons. The fourth-order valence-electron chi connectivity index (χ4n) is 1.62. The fourth-order valence-corrected chi connectivity index (χ4v) is 1.62. The van der Waals surface area contributed by atoms with Crippen LogP contribution in [-0.4, -0.2) is 39.4 Å². The Morgan fingerprint density at radius 3 is 2.95 bits per heavy atom. The molecule has 0 saturated heterocycles. The second-order valence-corrected chi connectivity index (χ2v) is 4.36. The quantitative estimate of drug-likeness (QED) is 0.628. The number of nitrogens with zero attached hydrogens (tertiary/aromatic N) is 6. The molecule has 102 valence electrons. The Hall–Kier alpha value is -2.68. The number of aryl methyl sites for hydroxylation is 1. The van der Waals surface area contributed by atoms with E-state index in [0.29, 0.717) is 17.1 Å². The Morgan fingerprint density at radius 1 is 1.55 bits per heavy atom. The summed E-state index contributed by atoms with van der Waals surface area (Å²) in [6, 6.07) is 3.90. The van der Waals surface area contributed by atoms with Crippen LogP contribution in [0.2, 0.25) is 0 Å². The smallest absolute Gasteiger partial charge is 0.156 e. The van der Waals surface area contributed by atoms with Gasteiger partial charge in [-0.3, -0.25) is 4.57 Å². The van der Waals surface area contributed by atoms with Crippen LogP contribution >= 0.6 is 0 Å². The molecular weight excluding hydrogens is 252 g/mol. The zero-order chi connectivity index (χ0) is 14.5. The fraction of sp³-hybridized carbons (Fsp3) is 0.286. The number of pyridine rings is 1. The van der Waals surface area contributed by atoms with E-state index >= 15 is 0 Å². The average molecular weight is 268 g/mol. The Morgan fingerprint density at radius 2 is 2.35 bits per heavy atom. The van der Waals surface area contributed by atoms with Crippen molar-refractivity contribution in [2.45, 2.75) is 13.8 Å². The number of hydrogen-bond acceptors (Lipinski definition) is 4. The zero-order valence-corrected chi connectivity index (χ0v) is 11.8. The highest BCUT2D eigenvalue weighted by atomic mass is 15.1. The molecule has 0 aliphatic carbocycles. The number of aliphatic imine (C=N–C) groups is 1. The summed E-state index contributed by atoms with van der Waals surface area (Å²) in [6.45, 7) is 4.79. The molecule has 0 amide bonds. The molecule has 0 aromatic carbocycles. The highest BCUT2D eigenvalue weighted by molar-refractivity contribution is 5.64. The van der Waals surface area contributed by atoms with E-state index in [0.717, 1.165) is 12.2 Å². The van der Waals surface area contributed by atoms with Gasteiger partial charge in [0.2, 0.25) is 0 Å². The van der Waals surface area contributed by atoms with Gasteiger partial charge in [0, 0.05) is 26.0 Å². The molecular formula is C14H16N6. The average Bonchev–Trinajstić information content (AvgIpc) is 2.99. The van der Waals surface area contributed by atoms with Gasteiger partial charge < -0.3 is 4.90 Å². The number of imidazole rings is 1. The van der Waals surface area contributed by atoms with E-state index in [2.05, 4.69) is 21.0 Å². The Bertz CT molecular complexity index is 651. The summed E-state index contributed by atoms with van der Waals surface area (Å²) in [5.74, 6) is 0.574. The van der Waals surface area contributed by atoms with E-state index < -0.39 is 0 Å². The van der Waals surface area contributed by atoms with Crippen molar-refractivity contribution in [2.24, 2.45) is 4.99 Å². The molecule has 6 heteroatoms. The van der Waals surface area contributed by atoms with E-state index in [1.807, 2.05) is 25.8 Å². The first kappa shape index (κ1) is 13.7. The third-order valence-corrected chi connectivity index (χ3v) is 2.93. The SMILES string of the molecule is CCN(C)C=Nc1cc(C#N)c(-n2ccnc2)nc1C. The first-order valence-corrected chi connectivity index (χ1v) is 6.30. The standard InChI is InChI=1S/C14H16N6/c1-4-19(3)10-17-13-7-12(8-15)14(18-11(13)2)20-6-5-16-9-20/h5-7,9-10H,4H2,1-3H3. The van der Waals surface area contributed by atoms with Crippen molar-refractivity contribution in [2.75, 3.05) is 13.6 Å². The van der Waals surface area contributed by atoms with Crippen molar-refractivity contribution in [1.29, 1.82) is 5.26 Å². The normalized spacial score (nSPS) is 10.7. The largest absolute Gasteiger partial charge is 0.366 e. The maximum Gasteiger partial charge on any atom is 0.156 e. The second-order valence-electron chi connectivity index (χ2n) is 4.36. The van der Waals surface area contributed by atoms with Crippen molar-refractivity contribution in [3.63, 3.8) is 0 Å². The number of aromatic nitrogens is 3. The van der Waals surface area contributed by atoms with Gasteiger partial charge in [0.1, 0.15) is 12.4 Å². The summed E-state index contributed by atoms with van der Waals surface area (Å²) < 4.78 is 1.72. The van der Waals surface area contributed by atoms with Crippen LogP contribution < -0.4 is 0 Å². The lowest BCUT2D eigenvalue weighted by Gasteiger charge is -2.10. The summed E-state index contributed by atoms with van der Waals surface area (Å²) >= 11 is 0. The van der Waals surface area contributed by atoms with Gasteiger partial charge in [-0.1, -0.05) is 0 Å². The third kappa shape index (κ3) is 2.83. The van der Waals surface area contributed by atoms with Gasteiger partial charge in [-0.2, -0.15) is 5.26 Å². The molecule has 20 heavy (non-hydrogen) atoms. The predicted octanol–water partition coefficient (Wildman–Crippen LogP) is 2.06. The minimum atomic E-state index is 0.472. The molecule has 0 aliphatic rings. The van der Waals surface area contributed by atoms with Gasteiger partial charge in [0.25, 0.3) is 0 Å². The van der Waals surface area contributed by atoms with Gasteiger partial charge in [0.15, 0.2) is 5.82 Å². The first-order chi connectivity index (χ1) is 9.65. The molecule has 0 bridgehead atoms. The zero-order valence-electron chi connectivity index (χ0n) is 11.8. The van der Waals surface area contributed by atoms with E-state index in [-0.39, 0.29) is 0 Å². The number of hydrogen-bond donors (Lipinski definition) is 0. The van der Waals surface area contributed by atoms with Crippen LogP contribution in [0.1, 0.15) is 18.2 Å². The van der Waals surface area contributed by atoms with Crippen LogP contribution in [0.3, 0.4) is 0 Å². The van der Waals surface area contributed by atoms with Gasteiger partial charge in [-0.15, -0.1) is 0 Å². The van der Waals surface area contributed by atoms with Crippen molar-refractivity contribution in [3.8, 4) is 11.9 Å². The summed E-state index contributed by atoms with van der Waals surface area (Å²) in [6.07, 6.45) is 6.77. The molecule has 0 N–H and O–H groups in total. The maximum absolute atomic E-state index is 9.27. The third-order valence-electron chi connectivity index (χ3n) is 2.93. The van der Waals surface area contributed by atoms with Crippen LogP contribution in [0.5, 0.6) is 0 Å². The lowest BCUT2D eigenvalue weighted by Crippen LogP contribution is -2.14. The summed E-state index contributed by atoms with van der Waals surface area (Å²) in [4.78, 5) is 14.8. The summed E-state index contributed by atoms with van der Waals surface area (Å²) in [7, 11) is 1.94. The van der Waals surface area contributed by atoms with Gasteiger partial charge in [-0.25, -0.2) is 15.0 Å².